The van der Waals surface area contributed by atoms with Gasteiger partial charge in [0, 0.05) is 6.20 Å². The van der Waals surface area contributed by atoms with Crippen LogP contribution in [0, 0.1) is 0 Å². The summed E-state index contributed by atoms with van der Waals surface area (Å²) in [5.41, 5.74) is -0.986. The van der Waals surface area contributed by atoms with Crippen LogP contribution in [0.2, 0.25) is 0 Å². The molecule has 1 aromatic heterocycles. The molecule has 0 saturated carbocycles. The number of rotatable bonds is 5. The standard InChI is InChI=1S/C9H14BrN3O2/c1-3-11-9(2,8(14)15)6-13-5-7(10)4-12-13/h4-5,11H,3,6H2,1-2H3,(H,14,15). The van der Waals surface area contributed by atoms with Crippen molar-refractivity contribution < 1.29 is 9.90 Å². The first-order valence-corrected chi connectivity index (χ1v) is 5.43. The van der Waals surface area contributed by atoms with E-state index in [1.54, 1.807) is 24.0 Å². The van der Waals surface area contributed by atoms with Gasteiger partial charge < -0.3 is 10.4 Å². The molecule has 84 valence electrons. The van der Waals surface area contributed by atoms with Gasteiger partial charge in [0.1, 0.15) is 5.54 Å². The highest BCUT2D eigenvalue weighted by molar-refractivity contribution is 9.10. The summed E-state index contributed by atoms with van der Waals surface area (Å²) >= 11 is 3.26. The fraction of sp³-hybridized carbons (Fsp3) is 0.556. The number of carboxylic acids is 1. The molecule has 0 aromatic carbocycles. The van der Waals surface area contributed by atoms with Crippen LogP contribution >= 0.6 is 15.9 Å². The SMILES string of the molecule is CCNC(C)(Cn1cc(Br)cn1)C(=O)O. The van der Waals surface area contributed by atoms with E-state index in [0.29, 0.717) is 13.1 Å². The van der Waals surface area contributed by atoms with Crippen molar-refractivity contribution >= 4 is 21.9 Å². The molecule has 5 nitrogen and oxygen atoms in total. The van der Waals surface area contributed by atoms with Gasteiger partial charge in [0.2, 0.25) is 0 Å². The minimum atomic E-state index is -0.986. The van der Waals surface area contributed by atoms with Gasteiger partial charge in [-0.25, -0.2) is 0 Å². The molecular weight excluding hydrogens is 262 g/mol. The Morgan fingerprint density at radius 3 is 2.87 bits per heavy atom. The number of hydrogen-bond donors (Lipinski definition) is 2. The number of carboxylic acid groups (broad SMARTS) is 1. The number of hydrogen-bond acceptors (Lipinski definition) is 3. The van der Waals surface area contributed by atoms with Crippen molar-refractivity contribution in [1.82, 2.24) is 15.1 Å². The Balaban J connectivity index is 2.79. The van der Waals surface area contributed by atoms with Crippen LogP contribution in [0.4, 0.5) is 0 Å². The predicted molar refractivity (Wildman–Crippen MR) is 59.6 cm³/mol. The summed E-state index contributed by atoms with van der Waals surface area (Å²) in [6.07, 6.45) is 3.38. The Hall–Kier alpha value is -0.880. The summed E-state index contributed by atoms with van der Waals surface area (Å²) in [4.78, 5) is 11.1. The summed E-state index contributed by atoms with van der Waals surface area (Å²) in [5, 5.41) is 16.1. The molecule has 15 heavy (non-hydrogen) atoms. The van der Waals surface area contributed by atoms with Crippen molar-refractivity contribution in [3.63, 3.8) is 0 Å². The molecule has 1 unspecified atom stereocenters. The molecular formula is C9H14BrN3O2. The molecule has 1 aromatic rings. The summed E-state index contributed by atoms with van der Waals surface area (Å²) in [7, 11) is 0. The van der Waals surface area contributed by atoms with Crippen molar-refractivity contribution in [2.45, 2.75) is 25.9 Å². The molecule has 0 saturated heterocycles. The van der Waals surface area contributed by atoms with Gasteiger partial charge in [-0.15, -0.1) is 0 Å². The molecule has 6 heteroatoms. The Morgan fingerprint density at radius 1 is 1.80 bits per heavy atom. The predicted octanol–water partition coefficient (Wildman–Crippen LogP) is 1.10. The first-order valence-electron chi connectivity index (χ1n) is 4.64. The molecule has 0 radical (unpaired) electrons. The molecule has 0 amide bonds. The van der Waals surface area contributed by atoms with E-state index in [2.05, 4.69) is 26.3 Å². The Bertz CT molecular complexity index is 353. The monoisotopic (exact) mass is 275 g/mol. The van der Waals surface area contributed by atoms with Crippen molar-refractivity contribution in [2.24, 2.45) is 0 Å². The topological polar surface area (TPSA) is 67.2 Å². The van der Waals surface area contributed by atoms with E-state index < -0.39 is 11.5 Å². The van der Waals surface area contributed by atoms with Crippen LogP contribution in [0.5, 0.6) is 0 Å². The number of likely N-dealkylation sites (N-methyl/N-ethyl adjacent to an activating group) is 1. The molecule has 0 bridgehead atoms. The molecule has 0 fully saturated rings. The summed E-state index contributed by atoms with van der Waals surface area (Å²) in [6.45, 7) is 4.42. The maximum atomic E-state index is 11.1. The second kappa shape index (κ2) is 4.76. The van der Waals surface area contributed by atoms with Crippen LogP contribution in [0.25, 0.3) is 0 Å². The second-order valence-electron chi connectivity index (χ2n) is 3.52. The third-order valence-corrected chi connectivity index (χ3v) is 2.53. The fourth-order valence-electron chi connectivity index (χ4n) is 1.34. The van der Waals surface area contributed by atoms with Crippen LogP contribution in [0.15, 0.2) is 16.9 Å². The lowest BCUT2D eigenvalue weighted by atomic mass is 10.0. The lowest BCUT2D eigenvalue weighted by molar-refractivity contribution is -0.144. The number of nitrogens with zero attached hydrogens (tertiary/aromatic N) is 2. The molecule has 0 aliphatic carbocycles. The van der Waals surface area contributed by atoms with Crippen molar-refractivity contribution in [3.8, 4) is 0 Å². The first kappa shape index (κ1) is 12.2. The molecule has 2 N–H and O–H groups in total. The van der Waals surface area contributed by atoms with Crippen molar-refractivity contribution in [2.75, 3.05) is 6.54 Å². The average Bonchev–Trinajstić information content (AvgIpc) is 2.51. The average molecular weight is 276 g/mol. The molecule has 0 aliphatic rings. The Kier molecular flexibility index (Phi) is 3.87. The number of halogens is 1. The normalized spacial score (nSPS) is 14.9. The zero-order chi connectivity index (χ0) is 11.5. The summed E-state index contributed by atoms with van der Waals surface area (Å²) < 4.78 is 2.44. The van der Waals surface area contributed by atoms with Gasteiger partial charge in [-0.1, -0.05) is 6.92 Å². The van der Waals surface area contributed by atoms with Crippen molar-refractivity contribution in [1.29, 1.82) is 0 Å². The van der Waals surface area contributed by atoms with Gasteiger partial charge >= 0.3 is 5.97 Å². The van der Waals surface area contributed by atoms with Crippen LogP contribution < -0.4 is 5.32 Å². The quantitative estimate of drug-likeness (QED) is 0.845. The Labute approximate surface area is 96.6 Å². The van der Waals surface area contributed by atoms with Gasteiger partial charge in [-0.05, 0) is 29.4 Å². The fourth-order valence-corrected chi connectivity index (χ4v) is 1.67. The maximum absolute atomic E-state index is 11.1. The smallest absolute Gasteiger partial charge is 0.325 e. The second-order valence-corrected chi connectivity index (χ2v) is 4.44. The summed E-state index contributed by atoms with van der Waals surface area (Å²) in [5.74, 6) is -0.879. The highest BCUT2D eigenvalue weighted by atomic mass is 79.9. The lowest BCUT2D eigenvalue weighted by Gasteiger charge is -2.25. The van der Waals surface area contributed by atoms with Gasteiger partial charge in [0.05, 0.1) is 17.2 Å². The number of carbonyl (C=O) groups is 1. The third kappa shape index (κ3) is 3.04. The highest BCUT2D eigenvalue weighted by Gasteiger charge is 2.32. The number of nitrogens with one attached hydrogen (secondary N) is 1. The van der Waals surface area contributed by atoms with Crippen molar-refractivity contribution in [3.05, 3.63) is 16.9 Å². The summed E-state index contributed by atoms with van der Waals surface area (Å²) in [6, 6.07) is 0. The van der Waals surface area contributed by atoms with Gasteiger partial charge in [0.15, 0.2) is 0 Å². The number of aromatic nitrogens is 2. The van der Waals surface area contributed by atoms with E-state index in [1.165, 1.54) is 0 Å². The molecule has 0 aliphatic heterocycles. The van der Waals surface area contributed by atoms with E-state index in [1.807, 2.05) is 6.92 Å². The third-order valence-electron chi connectivity index (χ3n) is 2.12. The highest BCUT2D eigenvalue weighted by Crippen LogP contribution is 2.11. The molecule has 1 atom stereocenters. The van der Waals surface area contributed by atoms with Gasteiger partial charge in [-0.3, -0.25) is 9.48 Å². The first-order chi connectivity index (χ1) is 6.98. The Morgan fingerprint density at radius 2 is 2.47 bits per heavy atom. The van der Waals surface area contributed by atoms with E-state index in [0.717, 1.165) is 4.47 Å². The minimum absolute atomic E-state index is 0.293. The van der Waals surface area contributed by atoms with E-state index in [4.69, 9.17) is 5.11 Å². The van der Waals surface area contributed by atoms with E-state index in [9.17, 15) is 4.79 Å². The zero-order valence-electron chi connectivity index (χ0n) is 8.70. The van der Waals surface area contributed by atoms with Gasteiger partial charge in [0.25, 0.3) is 0 Å². The number of aliphatic carboxylic acids is 1. The zero-order valence-corrected chi connectivity index (χ0v) is 10.3. The van der Waals surface area contributed by atoms with Crippen LogP contribution in [-0.4, -0.2) is 32.9 Å². The van der Waals surface area contributed by atoms with Crippen LogP contribution in [-0.2, 0) is 11.3 Å². The lowest BCUT2D eigenvalue weighted by Crippen LogP contribution is -2.52. The van der Waals surface area contributed by atoms with E-state index in [-0.39, 0.29) is 0 Å². The largest absolute Gasteiger partial charge is 0.480 e. The van der Waals surface area contributed by atoms with E-state index >= 15 is 0 Å². The van der Waals surface area contributed by atoms with Crippen LogP contribution in [0.3, 0.4) is 0 Å². The van der Waals surface area contributed by atoms with Crippen LogP contribution in [0.1, 0.15) is 13.8 Å². The maximum Gasteiger partial charge on any atom is 0.325 e. The minimum Gasteiger partial charge on any atom is -0.480 e. The molecule has 1 rings (SSSR count). The van der Waals surface area contributed by atoms with Gasteiger partial charge in [-0.2, -0.15) is 5.10 Å². The molecule has 1 heterocycles. The molecule has 0 spiro atoms.